The third kappa shape index (κ3) is 2.35. The Labute approximate surface area is 142 Å². The van der Waals surface area contributed by atoms with Crippen LogP contribution in [-0.4, -0.2) is 9.97 Å². The van der Waals surface area contributed by atoms with Crippen LogP contribution in [0.25, 0.3) is 33.2 Å². The Morgan fingerprint density at radius 2 is 1.38 bits per heavy atom. The van der Waals surface area contributed by atoms with Crippen LogP contribution in [0.5, 0.6) is 0 Å². The molecule has 0 aliphatic heterocycles. The molecule has 0 radical (unpaired) electrons. The summed E-state index contributed by atoms with van der Waals surface area (Å²) in [5.41, 5.74) is 6.78. The minimum atomic E-state index is 0.963. The van der Waals surface area contributed by atoms with Gasteiger partial charge in [0, 0.05) is 10.8 Å². The average molecular weight is 312 g/mol. The number of aromatic nitrogens is 2. The van der Waals surface area contributed by atoms with Gasteiger partial charge in [0.25, 0.3) is 0 Å². The minimum Gasteiger partial charge on any atom is -0.246 e. The molecular formula is C22H20N2. The topological polar surface area (TPSA) is 25.8 Å². The standard InChI is InChI=1S/C22H20N2/c1-3-16-17(4-2)22(24-20-12-8-6-10-18(16)20)21-14-13-15-9-5-7-11-19(15)23-21/h5-14H,3-4H2,1-2H3. The normalized spacial score (nSPS) is 11.2. The number of aryl methyl sites for hydroxylation is 1. The fourth-order valence-corrected chi connectivity index (χ4v) is 3.51. The molecule has 0 N–H and O–H groups in total. The zero-order valence-electron chi connectivity index (χ0n) is 14.1. The fraction of sp³-hybridized carbons (Fsp3) is 0.182. The van der Waals surface area contributed by atoms with E-state index in [0.29, 0.717) is 0 Å². The zero-order chi connectivity index (χ0) is 16.5. The Balaban J connectivity index is 2.03. The summed E-state index contributed by atoms with van der Waals surface area (Å²) in [6.45, 7) is 4.42. The van der Waals surface area contributed by atoms with E-state index in [-0.39, 0.29) is 0 Å². The third-order valence-corrected chi connectivity index (χ3v) is 4.66. The number of nitrogens with zero attached hydrogens (tertiary/aromatic N) is 2. The molecule has 2 aromatic heterocycles. The van der Waals surface area contributed by atoms with Crippen LogP contribution in [-0.2, 0) is 12.8 Å². The predicted molar refractivity (Wildman–Crippen MR) is 101 cm³/mol. The zero-order valence-corrected chi connectivity index (χ0v) is 14.1. The van der Waals surface area contributed by atoms with Gasteiger partial charge in [0.1, 0.15) is 0 Å². The van der Waals surface area contributed by atoms with Crippen LogP contribution in [0.1, 0.15) is 25.0 Å². The van der Waals surface area contributed by atoms with E-state index in [2.05, 4.69) is 62.4 Å². The molecule has 0 aliphatic rings. The highest BCUT2D eigenvalue weighted by molar-refractivity contribution is 5.88. The third-order valence-electron chi connectivity index (χ3n) is 4.66. The van der Waals surface area contributed by atoms with E-state index in [0.717, 1.165) is 40.6 Å². The van der Waals surface area contributed by atoms with Gasteiger partial charge in [-0.05, 0) is 42.2 Å². The molecule has 2 heterocycles. The quantitative estimate of drug-likeness (QED) is 0.494. The maximum atomic E-state index is 4.97. The lowest BCUT2D eigenvalue weighted by Crippen LogP contribution is -2.01. The molecular weight excluding hydrogens is 292 g/mol. The summed E-state index contributed by atoms with van der Waals surface area (Å²) in [6, 6.07) is 20.9. The number of fused-ring (bicyclic) bond motifs is 2. The second-order valence-corrected chi connectivity index (χ2v) is 6.03. The summed E-state index contributed by atoms with van der Waals surface area (Å²) >= 11 is 0. The summed E-state index contributed by atoms with van der Waals surface area (Å²) < 4.78 is 0. The first-order valence-corrected chi connectivity index (χ1v) is 8.58. The Kier molecular flexibility index (Phi) is 3.73. The molecule has 0 saturated heterocycles. The molecule has 2 aromatic carbocycles. The first-order valence-electron chi connectivity index (χ1n) is 8.58. The van der Waals surface area contributed by atoms with E-state index < -0.39 is 0 Å². The molecule has 0 amide bonds. The van der Waals surface area contributed by atoms with Gasteiger partial charge < -0.3 is 0 Å². The van der Waals surface area contributed by atoms with Gasteiger partial charge in [-0.1, -0.05) is 56.3 Å². The van der Waals surface area contributed by atoms with E-state index in [1.54, 1.807) is 0 Å². The Morgan fingerprint density at radius 3 is 2.17 bits per heavy atom. The van der Waals surface area contributed by atoms with Crippen molar-refractivity contribution in [3.05, 3.63) is 71.8 Å². The highest BCUT2D eigenvalue weighted by atomic mass is 14.8. The lowest BCUT2D eigenvalue weighted by molar-refractivity contribution is 1.03. The second-order valence-electron chi connectivity index (χ2n) is 6.03. The number of hydrogen-bond acceptors (Lipinski definition) is 2. The summed E-state index contributed by atoms with van der Waals surface area (Å²) in [6.07, 6.45) is 1.97. The summed E-state index contributed by atoms with van der Waals surface area (Å²) in [4.78, 5) is 9.84. The molecule has 0 spiro atoms. The molecule has 2 heteroatoms. The van der Waals surface area contributed by atoms with Crippen molar-refractivity contribution in [3.63, 3.8) is 0 Å². The maximum absolute atomic E-state index is 4.97. The molecule has 24 heavy (non-hydrogen) atoms. The molecule has 0 aliphatic carbocycles. The number of rotatable bonds is 3. The number of hydrogen-bond donors (Lipinski definition) is 0. The molecule has 0 fully saturated rings. The summed E-state index contributed by atoms with van der Waals surface area (Å²) in [7, 11) is 0. The highest BCUT2D eigenvalue weighted by Gasteiger charge is 2.15. The van der Waals surface area contributed by atoms with E-state index >= 15 is 0 Å². The van der Waals surface area contributed by atoms with Crippen molar-refractivity contribution in [1.29, 1.82) is 0 Å². The average Bonchev–Trinajstić information content (AvgIpc) is 2.65. The van der Waals surface area contributed by atoms with Crippen molar-refractivity contribution < 1.29 is 0 Å². The Morgan fingerprint density at radius 1 is 0.667 bits per heavy atom. The van der Waals surface area contributed by atoms with Crippen LogP contribution in [0.4, 0.5) is 0 Å². The van der Waals surface area contributed by atoms with Crippen molar-refractivity contribution >= 4 is 21.8 Å². The molecule has 0 atom stereocenters. The molecule has 2 nitrogen and oxygen atoms in total. The molecule has 4 aromatic rings. The predicted octanol–water partition coefficient (Wildman–Crippen LogP) is 5.57. The first-order chi connectivity index (χ1) is 11.8. The molecule has 4 rings (SSSR count). The van der Waals surface area contributed by atoms with Crippen LogP contribution in [0, 0.1) is 0 Å². The van der Waals surface area contributed by atoms with Crippen molar-refractivity contribution in [2.24, 2.45) is 0 Å². The van der Waals surface area contributed by atoms with E-state index in [9.17, 15) is 0 Å². The van der Waals surface area contributed by atoms with Gasteiger partial charge in [-0.15, -0.1) is 0 Å². The van der Waals surface area contributed by atoms with Gasteiger partial charge in [0.05, 0.1) is 22.4 Å². The number of pyridine rings is 2. The summed E-state index contributed by atoms with van der Waals surface area (Å²) in [5.74, 6) is 0. The van der Waals surface area contributed by atoms with Crippen molar-refractivity contribution in [2.45, 2.75) is 26.7 Å². The van der Waals surface area contributed by atoms with E-state index in [1.807, 2.05) is 12.1 Å². The molecule has 0 saturated carbocycles. The van der Waals surface area contributed by atoms with Gasteiger partial charge >= 0.3 is 0 Å². The smallest absolute Gasteiger partial charge is 0.0928 e. The van der Waals surface area contributed by atoms with Gasteiger partial charge in [-0.2, -0.15) is 0 Å². The lowest BCUT2D eigenvalue weighted by atomic mass is 9.95. The highest BCUT2D eigenvalue weighted by Crippen LogP contribution is 2.31. The van der Waals surface area contributed by atoms with Crippen molar-refractivity contribution in [3.8, 4) is 11.4 Å². The molecule has 118 valence electrons. The number of para-hydroxylation sites is 2. The lowest BCUT2D eigenvalue weighted by Gasteiger charge is -2.15. The van der Waals surface area contributed by atoms with E-state index in [4.69, 9.17) is 9.97 Å². The van der Waals surface area contributed by atoms with Crippen LogP contribution in [0.3, 0.4) is 0 Å². The van der Waals surface area contributed by atoms with Crippen LogP contribution >= 0.6 is 0 Å². The van der Waals surface area contributed by atoms with Crippen LogP contribution in [0.15, 0.2) is 60.7 Å². The van der Waals surface area contributed by atoms with Gasteiger partial charge in [-0.25, -0.2) is 9.97 Å². The molecule has 0 unspecified atom stereocenters. The number of benzene rings is 2. The largest absolute Gasteiger partial charge is 0.246 e. The molecule has 0 bridgehead atoms. The van der Waals surface area contributed by atoms with E-state index in [1.165, 1.54) is 16.5 Å². The fourth-order valence-electron chi connectivity index (χ4n) is 3.51. The first kappa shape index (κ1) is 14.8. The second kappa shape index (κ2) is 6.04. The van der Waals surface area contributed by atoms with Crippen molar-refractivity contribution in [2.75, 3.05) is 0 Å². The van der Waals surface area contributed by atoms with Crippen molar-refractivity contribution in [1.82, 2.24) is 9.97 Å². The van der Waals surface area contributed by atoms with Crippen LogP contribution < -0.4 is 0 Å². The minimum absolute atomic E-state index is 0.963. The maximum Gasteiger partial charge on any atom is 0.0928 e. The van der Waals surface area contributed by atoms with Gasteiger partial charge in [-0.3, -0.25) is 0 Å². The van der Waals surface area contributed by atoms with Gasteiger partial charge in [0.15, 0.2) is 0 Å². The Bertz CT molecular complexity index is 1030. The summed E-state index contributed by atoms with van der Waals surface area (Å²) in [5, 5.41) is 2.43. The van der Waals surface area contributed by atoms with Crippen LogP contribution in [0.2, 0.25) is 0 Å². The van der Waals surface area contributed by atoms with Gasteiger partial charge in [0.2, 0.25) is 0 Å². The Hall–Kier alpha value is -2.74. The SMILES string of the molecule is CCc1c(-c2ccc3ccccc3n2)nc2ccccc2c1CC. The monoisotopic (exact) mass is 312 g/mol.